The van der Waals surface area contributed by atoms with E-state index in [1.807, 2.05) is 18.2 Å². The first-order chi connectivity index (χ1) is 10.2. The smallest absolute Gasteiger partial charge is 0.332 e. The lowest BCUT2D eigenvalue weighted by Gasteiger charge is -2.25. The lowest BCUT2D eigenvalue weighted by Crippen LogP contribution is -2.40. The first-order valence-electron chi connectivity index (χ1n) is 7.44. The average Bonchev–Trinajstić information content (AvgIpc) is 2.88. The zero-order valence-corrected chi connectivity index (χ0v) is 11.8. The van der Waals surface area contributed by atoms with Crippen LogP contribution in [0.15, 0.2) is 24.3 Å². The van der Waals surface area contributed by atoms with Crippen LogP contribution in [0, 0.1) is 0 Å². The zero-order valence-electron chi connectivity index (χ0n) is 11.8. The first kappa shape index (κ1) is 14.1. The number of carboxylic acids is 1. The second kappa shape index (κ2) is 5.85. The molecule has 0 aliphatic carbocycles. The highest BCUT2D eigenvalue weighted by Gasteiger charge is 2.37. The molecular formula is C16H19NO4. The molecule has 2 aliphatic rings. The van der Waals surface area contributed by atoms with E-state index in [1.165, 1.54) is 5.56 Å². The topological polar surface area (TPSA) is 66.8 Å². The summed E-state index contributed by atoms with van der Waals surface area (Å²) in [7, 11) is 0. The number of carboxylic acid groups (broad SMARTS) is 1. The van der Waals surface area contributed by atoms with E-state index in [2.05, 4.69) is 6.07 Å². The molecule has 0 spiro atoms. The van der Waals surface area contributed by atoms with Gasteiger partial charge in [-0.25, -0.2) is 4.79 Å². The lowest BCUT2D eigenvalue weighted by atomic mass is 10.1. The highest BCUT2D eigenvalue weighted by molar-refractivity contribution is 5.97. The number of benzene rings is 1. The summed E-state index contributed by atoms with van der Waals surface area (Å²) in [4.78, 5) is 25.4. The number of fused-ring (bicyclic) bond motifs is 1. The van der Waals surface area contributed by atoms with Crippen LogP contribution < -0.4 is 4.90 Å². The number of para-hydroxylation sites is 1. The monoisotopic (exact) mass is 289 g/mol. The van der Waals surface area contributed by atoms with Gasteiger partial charge in [-0.1, -0.05) is 18.2 Å². The number of aliphatic carboxylic acids is 1. The molecule has 5 nitrogen and oxygen atoms in total. The molecule has 0 radical (unpaired) electrons. The number of ether oxygens (including phenoxy) is 1. The van der Waals surface area contributed by atoms with Gasteiger partial charge in [-0.3, -0.25) is 4.79 Å². The first-order valence-corrected chi connectivity index (χ1v) is 7.44. The van der Waals surface area contributed by atoms with Crippen molar-refractivity contribution in [2.75, 3.05) is 11.4 Å². The van der Waals surface area contributed by atoms with E-state index in [1.54, 1.807) is 4.90 Å². The lowest BCUT2D eigenvalue weighted by molar-refractivity contribution is -0.151. The molecule has 2 unspecified atom stereocenters. The fourth-order valence-electron chi connectivity index (χ4n) is 3.09. The highest BCUT2D eigenvalue weighted by Crippen LogP contribution is 2.29. The van der Waals surface area contributed by atoms with Crippen LogP contribution in [-0.4, -0.2) is 35.7 Å². The zero-order chi connectivity index (χ0) is 14.8. The number of rotatable bonds is 2. The fraction of sp³-hybridized carbons (Fsp3) is 0.500. The summed E-state index contributed by atoms with van der Waals surface area (Å²) in [5.74, 6) is -1.09. The second-order valence-corrected chi connectivity index (χ2v) is 5.60. The van der Waals surface area contributed by atoms with E-state index >= 15 is 0 Å². The van der Waals surface area contributed by atoms with Crippen LogP contribution in [0.25, 0.3) is 0 Å². The Morgan fingerprint density at radius 1 is 1.14 bits per heavy atom. The van der Waals surface area contributed by atoms with Gasteiger partial charge in [0.25, 0.3) is 5.91 Å². The Balaban J connectivity index is 1.80. The predicted molar refractivity (Wildman–Crippen MR) is 77.3 cm³/mol. The summed E-state index contributed by atoms with van der Waals surface area (Å²) in [6, 6.07) is 7.93. The SMILES string of the molecule is O=C(O)C1CCC(C(=O)N2CCCCc3ccccc32)O1. The summed E-state index contributed by atoms with van der Waals surface area (Å²) < 4.78 is 5.40. The standard InChI is InChI=1S/C16H19NO4/c18-15(13-8-9-14(21-13)16(19)20)17-10-4-3-6-11-5-1-2-7-12(11)17/h1-2,5,7,13-14H,3-4,6,8-10H2,(H,19,20). The third-order valence-corrected chi connectivity index (χ3v) is 4.20. The molecule has 1 saturated heterocycles. The van der Waals surface area contributed by atoms with Crippen molar-refractivity contribution in [3.63, 3.8) is 0 Å². The van der Waals surface area contributed by atoms with Crippen LogP contribution in [0.4, 0.5) is 5.69 Å². The van der Waals surface area contributed by atoms with Gasteiger partial charge in [-0.15, -0.1) is 0 Å². The molecule has 1 aromatic rings. The molecule has 0 bridgehead atoms. The van der Waals surface area contributed by atoms with Crippen LogP contribution in [-0.2, 0) is 20.7 Å². The number of aryl methyl sites for hydroxylation is 1. The Hall–Kier alpha value is -1.88. The molecule has 112 valence electrons. The van der Waals surface area contributed by atoms with Crippen molar-refractivity contribution in [1.82, 2.24) is 0 Å². The van der Waals surface area contributed by atoms with E-state index in [0.29, 0.717) is 19.4 Å². The number of amides is 1. The van der Waals surface area contributed by atoms with E-state index < -0.39 is 18.2 Å². The summed E-state index contributed by atoms with van der Waals surface area (Å²) in [5, 5.41) is 8.98. The van der Waals surface area contributed by atoms with Gasteiger partial charge in [0.05, 0.1) is 0 Å². The molecule has 1 aromatic carbocycles. The molecule has 0 saturated carbocycles. The third kappa shape index (κ3) is 2.78. The van der Waals surface area contributed by atoms with Gasteiger partial charge in [0, 0.05) is 12.2 Å². The van der Waals surface area contributed by atoms with Gasteiger partial charge in [0.2, 0.25) is 0 Å². The number of hydrogen-bond donors (Lipinski definition) is 1. The van der Waals surface area contributed by atoms with Crippen LogP contribution in [0.3, 0.4) is 0 Å². The van der Waals surface area contributed by atoms with Crippen molar-refractivity contribution in [2.24, 2.45) is 0 Å². The van der Waals surface area contributed by atoms with Crippen molar-refractivity contribution >= 4 is 17.6 Å². The van der Waals surface area contributed by atoms with Gasteiger partial charge in [0.1, 0.15) is 6.10 Å². The molecule has 1 amide bonds. The molecule has 1 N–H and O–H groups in total. The number of hydrogen-bond acceptors (Lipinski definition) is 3. The Bertz CT molecular complexity index is 557. The van der Waals surface area contributed by atoms with Crippen LogP contribution >= 0.6 is 0 Å². The molecule has 5 heteroatoms. The summed E-state index contributed by atoms with van der Waals surface area (Å²) in [5.41, 5.74) is 2.12. The van der Waals surface area contributed by atoms with Crippen LogP contribution in [0.2, 0.25) is 0 Å². The summed E-state index contributed by atoms with van der Waals surface area (Å²) in [6.07, 6.45) is 2.40. The molecule has 21 heavy (non-hydrogen) atoms. The minimum atomic E-state index is -0.985. The molecule has 3 rings (SSSR count). The molecule has 0 aromatic heterocycles. The summed E-state index contributed by atoms with van der Waals surface area (Å²) in [6.45, 7) is 0.674. The van der Waals surface area contributed by atoms with Crippen molar-refractivity contribution in [3.8, 4) is 0 Å². The minimum Gasteiger partial charge on any atom is -0.479 e. The van der Waals surface area contributed by atoms with Crippen LogP contribution in [0.5, 0.6) is 0 Å². The van der Waals surface area contributed by atoms with Crippen molar-refractivity contribution in [2.45, 2.75) is 44.3 Å². The quantitative estimate of drug-likeness (QED) is 0.904. The van der Waals surface area contributed by atoms with E-state index in [9.17, 15) is 9.59 Å². The molecule has 2 atom stereocenters. The largest absolute Gasteiger partial charge is 0.479 e. The Morgan fingerprint density at radius 3 is 2.67 bits per heavy atom. The second-order valence-electron chi connectivity index (χ2n) is 5.60. The van der Waals surface area contributed by atoms with Gasteiger partial charge >= 0.3 is 5.97 Å². The van der Waals surface area contributed by atoms with Crippen molar-refractivity contribution in [3.05, 3.63) is 29.8 Å². The highest BCUT2D eigenvalue weighted by atomic mass is 16.5. The maximum Gasteiger partial charge on any atom is 0.332 e. The Morgan fingerprint density at radius 2 is 1.90 bits per heavy atom. The Labute approximate surface area is 123 Å². The normalized spacial score (nSPS) is 25.2. The molecular weight excluding hydrogens is 270 g/mol. The van der Waals surface area contributed by atoms with Crippen molar-refractivity contribution in [1.29, 1.82) is 0 Å². The fourth-order valence-corrected chi connectivity index (χ4v) is 3.09. The Kier molecular flexibility index (Phi) is 3.92. The third-order valence-electron chi connectivity index (χ3n) is 4.20. The molecule has 2 heterocycles. The number of anilines is 1. The number of carbonyl (C=O) groups excluding carboxylic acids is 1. The summed E-state index contributed by atoms with van der Waals surface area (Å²) >= 11 is 0. The molecule has 1 fully saturated rings. The van der Waals surface area contributed by atoms with E-state index in [4.69, 9.17) is 9.84 Å². The van der Waals surface area contributed by atoms with Crippen molar-refractivity contribution < 1.29 is 19.4 Å². The maximum absolute atomic E-state index is 12.7. The van der Waals surface area contributed by atoms with Gasteiger partial charge in [-0.2, -0.15) is 0 Å². The molecule has 2 aliphatic heterocycles. The van der Waals surface area contributed by atoms with Crippen LogP contribution in [0.1, 0.15) is 31.2 Å². The van der Waals surface area contributed by atoms with E-state index in [0.717, 1.165) is 24.9 Å². The minimum absolute atomic E-state index is 0.104. The number of carbonyl (C=O) groups is 2. The maximum atomic E-state index is 12.7. The van der Waals surface area contributed by atoms with Gasteiger partial charge < -0.3 is 14.7 Å². The number of nitrogens with zero attached hydrogens (tertiary/aromatic N) is 1. The van der Waals surface area contributed by atoms with Gasteiger partial charge in [-0.05, 0) is 43.7 Å². The average molecular weight is 289 g/mol. The predicted octanol–water partition coefficient (Wildman–Crippen LogP) is 1.99. The van der Waals surface area contributed by atoms with E-state index in [-0.39, 0.29) is 5.91 Å². The van der Waals surface area contributed by atoms with Gasteiger partial charge in [0.15, 0.2) is 6.10 Å².